The molecule has 1 aliphatic heterocycles. The maximum Gasteiger partial charge on any atom is 0.410 e. The molecule has 4 nitrogen and oxygen atoms in total. The first-order chi connectivity index (χ1) is 9.69. The zero-order valence-electron chi connectivity index (χ0n) is 13.1. The van der Waals surface area contributed by atoms with Gasteiger partial charge in [0.2, 0.25) is 5.90 Å². The van der Waals surface area contributed by atoms with Gasteiger partial charge in [-0.2, -0.15) is 0 Å². The first kappa shape index (κ1) is 15.9. The van der Waals surface area contributed by atoms with Crippen molar-refractivity contribution in [2.24, 2.45) is 4.99 Å². The van der Waals surface area contributed by atoms with Crippen LogP contribution in [0.2, 0.25) is 0 Å². The summed E-state index contributed by atoms with van der Waals surface area (Å²) in [5.74, 6) is 0.436. The molecule has 1 aromatic carbocycles. The Morgan fingerprint density at radius 3 is 2.38 bits per heavy atom. The normalized spacial score (nSPS) is 20.1. The lowest BCUT2D eigenvalue weighted by Crippen LogP contribution is -2.17. The minimum absolute atomic E-state index is 0.00622. The van der Waals surface area contributed by atoms with E-state index in [2.05, 4.69) is 55.4 Å². The fraction of sp³-hybridized carbons (Fsp3) is 0.500. The molecule has 1 heterocycles. The lowest BCUT2D eigenvalue weighted by molar-refractivity contribution is -0.149. The van der Waals surface area contributed by atoms with E-state index in [0.29, 0.717) is 5.90 Å². The van der Waals surface area contributed by atoms with Crippen molar-refractivity contribution in [2.45, 2.75) is 52.5 Å². The largest absolute Gasteiger partial charge is 0.410 e. The Morgan fingerprint density at radius 2 is 1.86 bits per heavy atom. The van der Waals surface area contributed by atoms with Gasteiger partial charge in [-0.25, -0.2) is 14.7 Å². The molecule has 0 amide bonds. The summed E-state index contributed by atoms with van der Waals surface area (Å²) in [6.07, 6.45) is 0.817. The Kier molecular flexibility index (Phi) is 4.33. The van der Waals surface area contributed by atoms with Crippen LogP contribution in [0.4, 0.5) is 4.79 Å². The van der Waals surface area contributed by atoms with Crippen LogP contribution in [0.15, 0.2) is 17.1 Å². The molecule has 0 bridgehead atoms. The highest BCUT2D eigenvalue weighted by atomic mass is 32.1. The number of hydrogen-bond donors (Lipinski definition) is 1. The van der Waals surface area contributed by atoms with E-state index in [1.165, 1.54) is 22.3 Å². The van der Waals surface area contributed by atoms with E-state index in [9.17, 15) is 4.79 Å². The molecule has 1 unspecified atom stereocenters. The number of benzene rings is 1. The first-order valence-electron chi connectivity index (χ1n) is 6.94. The van der Waals surface area contributed by atoms with E-state index >= 15 is 0 Å². The molecule has 1 atom stereocenters. The number of nitrogens with zero attached hydrogens (tertiary/aromatic N) is 1. The summed E-state index contributed by atoms with van der Waals surface area (Å²) < 4.78 is 0. The molecule has 5 heteroatoms. The van der Waals surface area contributed by atoms with Crippen LogP contribution in [0.1, 0.15) is 48.4 Å². The molecule has 21 heavy (non-hydrogen) atoms. The van der Waals surface area contributed by atoms with Crippen LogP contribution in [0.3, 0.4) is 0 Å². The van der Waals surface area contributed by atoms with E-state index in [-0.39, 0.29) is 11.5 Å². The molecule has 0 fully saturated rings. The molecule has 0 N–H and O–H groups in total. The summed E-state index contributed by atoms with van der Waals surface area (Å²) in [7, 11) is 0. The van der Waals surface area contributed by atoms with Gasteiger partial charge in [-0.05, 0) is 57.7 Å². The second-order valence-corrected chi connectivity index (χ2v) is 6.63. The van der Waals surface area contributed by atoms with Crippen molar-refractivity contribution in [1.82, 2.24) is 0 Å². The molecule has 114 valence electrons. The van der Waals surface area contributed by atoms with E-state index in [1.54, 1.807) is 0 Å². The number of hydrogen-bond acceptors (Lipinski definition) is 4. The van der Waals surface area contributed by atoms with Gasteiger partial charge in [0.25, 0.3) is 0 Å². The zero-order chi connectivity index (χ0) is 15.8. The molecule has 2 rings (SSSR count). The van der Waals surface area contributed by atoms with E-state index < -0.39 is 5.30 Å². The molecular formula is C16H21NO3S. The number of thiol groups is 1. The smallest absolute Gasteiger partial charge is 0.270 e. The van der Waals surface area contributed by atoms with Crippen LogP contribution in [-0.4, -0.2) is 16.7 Å². The summed E-state index contributed by atoms with van der Waals surface area (Å²) in [4.78, 5) is 25.1. The molecule has 1 aromatic rings. The Labute approximate surface area is 130 Å². The quantitative estimate of drug-likeness (QED) is 0.479. The zero-order valence-corrected chi connectivity index (χ0v) is 14.0. The number of carbonyl (C=O) groups excluding carboxylic acids is 1. The summed E-state index contributed by atoms with van der Waals surface area (Å²) in [6, 6.07) is 4.30. The second-order valence-electron chi connectivity index (χ2n) is 6.26. The fourth-order valence-electron chi connectivity index (χ4n) is 3.13. The third-order valence-corrected chi connectivity index (χ3v) is 3.77. The minimum Gasteiger partial charge on any atom is -0.270 e. The van der Waals surface area contributed by atoms with Gasteiger partial charge < -0.3 is 0 Å². The lowest BCUT2D eigenvalue weighted by atomic mass is 9.84. The Balaban J connectivity index is 2.38. The summed E-state index contributed by atoms with van der Waals surface area (Å²) in [5, 5.41) is -0.779. The predicted octanol–water partition coefficient (Wildman–Crippen LogP) is 4.27. The molecule has 0 saturated carbocycles. The Bertz CT molecular complexity index is 585. The summed E-state index contributed by atoms with van der Waals surface area (Å²) >= 11 is 3.54. The Hall–Kier alpha value is -1.49. The Morgan fingerprint density at radius 1 is 1.29 bits per heavy atom. The van der Waals surface area contributed by atoms with E-state index in [4.69, 9.17) is 4.89 Å². The van der Waals surface area contributed by atoms with Gasteiger partial charge in [-0.3, -0.25) is 4.89 Å². The molecule has 0 aliphatic carbocycles. The maximum absolute atomic E-state index is 10.8. The molecule has 0 aromatic heterocycles. The van der Waals surface area contributed by atoms with Gasteiger partial charge in [0, 0.05) is 0 Å². The van der Waals surface area contributed by atoms with Gasteiger partial charge in [0.1, 0.15) is 0 Å². The topological polar surface area (TPSA) is 47.9 Å². The highest BCUT2D eigenvalue weighted by Crippen LogP contribution is 2.39. The molecular weight excluding hydrogens is 286 g/mol. The van der Waals surface area contributed by atoms with Gasteiger partial charge in [0.05, 0.1) is 11.5 Å². The number of rotatable bonds is 1. The fourth-order valence-corrected chi connectivity index (χ4v) is 3.17. The first-order valence-corrected chi connectivity index (χ1v) is 7.39. The maximum atomic E-state index is 10.8. The second kappa shape index (κ2) is 5.72. The van der Waals surface area contributed by atoms with Gasteiger partial charge >= 0.3 is 5.30 Å². The SMILES string of the molecule is Cc1cc(C)c(C2CC(C)(C)N=C2OOC(=O)S)c(C)c1. The van der Waals surface area contributed by atoms with E-state index in [1.807, 2.05) is 13.8 Å². The van der Waals surface area contributed by atoms with Gasteiger partial charge in [-0.15, -0.1) is 0 Å². The predicted molar refractivity (Wildman–Crippen MR) is 86.1 cm³/mol. The van der Waals surface area contributed by atoms with Crippen molar-refractivity contribution in [3.05, 3.63) is 34.4 Å². The minimum atomic E-state index is -0.779. The molecule has 1 aliphatic rings. The van der Waals surface area contributed by atoms with Crippen LogP contribution < -0.4 is 0 Å². The standard InChI is InChI=1S/C16H21NO3S/c1-9-6-10(2)13(11(3)7-9)12-8-16(4,5)17-14(12)19-20-15(18)21/h6-7,12H,8H2,1-5H3,(H,18,21). The average molecular weight is 307 g/mol. The van der Waals surface area contributed by atoms with Crippen LogP contribution in [0.25, 0.3) is 0 Å². The molecule has 0 saturated heterocycles. The van der Waals surface area contributed by atoms with Crippen molar-refractivity contribution in [1.29, 1.82) is 0 Å². The van der Waals surface area contributed by atoms with Crippen molar-refractivity contribution in [2.75, 3.05) is 0 Å². The van der Waals surface area contributed by atoms with Crippen LogP contribution in [0.5, 0.6) is 0 Å². The van der Waals surface area contributed by atoms with Gasteiger partial charge in [0.15, 0.2) is 0 Å². The highest BCUT2D eigenvalue weighted by molar-refractivity contribution is 7.96. The van der Waals surface area contributed by atoms with Gasteiger partial charge in [-0.1, -0.05) is 30.3 Å². The summed E-state index contributed by atoms with van der Waals surface area (Å²) in [6.45, 7) is 10.3. The third kappa shape index (κ3) is 3.59. The molecule has 0 radical (unpaired) electrons. The highest BCUT2D eigenvalue weighted by Gasteiger charge is 2.38. The van der Waals surface area contributed by atoms with Crippen molar-refractivity contribution in [3.63, 3.8) is 0 Å². The monoisotopic (exact) mass is 307 g/mol. The van der Waals surface area contributed by atoms with Crippen LogP contribution >= 0.6 is 12.6 Å². The van der Waals surface area contributed by atoms with Crippen molar-refractivity contribution >= 4 is 23.8 Å². The average Bonchev–Trinajstić information content (AvgIpc) is 2.60. The number of aryl methyl sites for hydroxylation is 3. The third-order valence-electron chi connectivity index (χ3n) is 3.70. The lowest BCUT2D eigenvalue weighted by Gasteiger charge is -2.20. The van der Waals surface area contributed by atoms with Crippen molar-refractivity contribution < 1.29 is 14.6 Å². The number of carbonyl (C=O) groups is 1. The summed E-state index contributed by atoms with van der Waals surface area (Å²) in [5.41, 5.74) is 4.58. The molecule has 0 spiro atoms. The van der Waals surface area contributed by atoms with Crippen molar-refractivity contribution in [3.8, 4) is 0 Å². The van der Waals surface area contributed by atoms with Crippen LogP contribution in [0, 0.1) is 20.8 Å². The van der Waals surface area contributed by atoms with Crippen LogP contribution in [-0.2, 0) is 9.78 Å². The van der Waals surface area contributed by atoms with E-state index in [0.717, 1.165) is 6.42 Å². The number of aliphatic imine (C=N–C) groups is 1.